The van der Waals surface area contributed by atoms with Gasteiger partial charge >= 0.3 is 0 Å². The second kappa shape index (κ2) is 13.1. The van der Waals surface area contributed by atoms with Crippen LogP contribution in [0.15, 0.2) is 60.3 Å². The Morgan fingerprint density at radius 1 is 1.16 bits per heavy atom. The molecule has 0 unspecified atom stereocenters. The summed E-state index contributed by atoms with van der Waals surface area (Å²) in [7, 11) is 1.58. The van der Waals surface area contributed by atoms with Crippen LogP contribution in [-0.2, 0) is 17.8 Å². The Morgan fingerprint density at radius 2 is 1.89 bits per heavy atom. The van der Waals surface area contributed by atoms with Gasteiger partial charge in [0.1, 0.15) is 5.75 Å². The molecule has 2 amide bonds. The van der Waals surface area contributed by atoms with Crippen LogP contribution in [0.5, 0.6) is 5.75 Å². The monoisotopic (exact) mass is 521 g/mol. The second-order valence-corrected chi connectivity index (χ2v) is 9.91. The smallest absolute Gasteiger partial charge is 0.251 e. The lowest BCUT2D eigenvalue weighted by atomic mass is 10.0. The Labute approximate surface area is 222 Å². The first-order chi connectivity index (χ1) is 17.8. The minimum atomic E-state index is -0.385. The van der Waals surface area contributed by atoms with Gasteiger partial charge in [-0.15, -0.1) is 16.8 Å². The summed E-state index contributed by atoms with van der Waals surface area (Å²) in [5.74, 6) is 1.19. The van der Waals surface area contributed by atoms with Gasteiger partial charge in [-0.2, -0.15) is 0 Å². The number of carbonyl (C=O) groups is 2. The van der Waals surface area contributed by atoms with Gasteiger partial charge in [0.05, 0.1) is 18.9 Å². The van der Waals surface area contributed by atoms with Gasteiger partial charge in [0.15, 0.2) is 11.0 Å². The van der Waals surface area contributed by atoms with Crippen LogP contribution in [0.1, 0.15) is 54.1 Å². The molecule has 1 atom stereocenters. The average molecular weight is 522 g/mol. The van der Waals surface area contributed by atoms with E-state index in [9.17, 15) is 9.59 Å². The molecule has 2 aromatic carbocycles. The van der Waals surface area contributed by atoms with Crippen molar-refractivity contribution in [2.75, 3.05) is 18.2 Å². The first-order valence-electron chi connectivity index (χ1n) is 12.3. The summed E-state index contributed by atoms with van der Waals surface area (Å²) >= 11 is 1.31. The number of carbonyl (C=O) groups excluding carboxylic acids is 2. The van der Waals surface area contributed by atoms with E-state index in [-0.39, 0.29) is 29.5 Å². The Morgan fingerprint density at radius 3 is 2.51 bits per heavy atom. The van der Waals surface area contributed by atoms with Crippen LogP contribution in [0.2, 0.25) is 0 Å². The Kier molecular flexibility index (Phi) is 9.91. The zero-order chi connectivity index (χ0) is 26.9. The van der Waals surface area contributed by atoms with Crippen LogP contribution in [0.3, 0.4) is 0 Å². The number of allylic oxidation sites excluding steroid dienone is 1. The first-order valence-corrected chi connectivity index (χ1v) is 13.3. The maximum absolute atomic E-state index is 13.0. The molecule has 3 aromatic rings. The third-order valence-corrected chi connectivity index (χ3v) is 6.94. The summed E-state index contributed by atoms with van der Waals surface area (Å²) in [6, 6.07) is 12.6. The minimum absolute atomic E-state index is 0.0460. The van der Waals surface area contributed by atoms with Crippen LogP contribution >= 0.6 is 11.8 Å². The summed E-state index contributed by atoms with van der Waals surface area (Å²) in [5, 5.41) is 15.5. The number of anilines is 1. The number of aromatic nitrogens is 3. The molecule has 8 nitrogen and oxygen atoms in total. The number of aryl methyl sites for hydroxylation is 2. The number of ether oxygens (including phenoxy) is 1. The number of benzene rings is 2. The first kappa shape index (κ1) is 28.0. The van der Waals surface area contributed by atoms with Gasteiger partial charge in [0.25, 0.3) is 5.91 Å². The van der Waals surface area contributed by atoms with Crippen LogP contribution in [-0.4, -0.2) is 39.4 Å². The second-order valence-electron chi connectivity index (χ2n) is 8.96. The van der Waals surface area contributed by atoms with Gasteiger partial charge in [-0.05, 0) is 54.7 Å². The third-order valence-electron chi connectivity index (χ3n) is 5.98. The predicted molar refractivity (Wildman–Crippen MR) is 148 cm³/mol. The molecular formula is C28H35N5O3S. The highest BCUT2D eigenvalue weighted by Crippen LogP contribution is 2.27. The SMILES string of the molecule is C=CCn1c(SCC(=O)Nc2c(C)cccc2CC)nnc1[C@H](NC(=O)c1ccc(OC)cc1)C(C)C. The van der Waals surface area contributed by atoms with E-state index in [0.29, 0.717) is 28.8 Å². The van der Waals surface area contributed by atoms with E-state index in [1.165, 1.54) is 11.8 Å². The van der Waals surface area contributed by atoms with Crippen LogP contribution in [0.25, 0.3) is 0 Å². The fourth-order valence-corrected chi connectivity index (χ4v) is 4.70. The van der Waals surface area contributed by atoms with Crippen molar-refractivity contribution in [3.63, 3.8) is 0 Å². The van der Waals surface area contributed by atoms with Gasteiger partial charge in [-0.3, -0.25) is 9.59 Å². The van der Waals surface area contributed by atoms with E-state index in [2.05, 4.69) is 34.3 Å². The Balaban J connectivity index is 1.76. The quantitative estimate of drug-likeness (QED) is 0.251. The molecule has 0 aliphatic heterocycles. The van der Waals surface area contributed by atoms with E-state index in [4.69, 9.17) is 4.74 Å². The number of hydrogen-bond acceptors (Lipinski definition) is 6. The van der Waals surface area contributed by atoms with Crippen molar-refractivity contribution in [1.82, 2.24) is 20.1 Å². The summed E-state index contributed by atoms with van der Waals surface area (Å²) in [5.41, 5.74) is 3.52. The van der Waals surface area contributed by atoms with Crippen molar-refractivity contribution >= 4 is 29.3 Å². The van der Waals surface area contributed by atoms with Gasteiger partial charge in [0.2, 0.25) is 5.91 Å². The third kappa shape index (κ3) is 7.01. The molecule has 0 fully saturated rings. The molecule has 37 heavy (non-hydrogen) atoms. The van der Waals surface area contributed by atoms with Crippen molar-refractivity contribution in [3.05, 3.63) is 77.6 Å². The van der Waals surface area contributed by atoms with Gasteiger partial charge in [-0.25, -0.2) is 0 Å². The number of amides is 2. The van der Waals surface area contributed by atoms with E-state index in [1.54, 1.807) is 37.5 Å². The fourth-order valence-electron chi connectivity index (χ4n) is 3.94. The number of methoxy groups -OCH3 is 1. The van der Waals surface area contributed by atoms with Crippen molar-refractivity contribution in [3.8, 4) is 5.75 Å². The Bertz CT molecular complexity index is 1240. The van der Waals surface area contributed by atoms with Crippen LogP contribution in [0.4, 0.5) is 5.69 Å². The predicted octanol–water partition coefficient (Wildman–Crippen LogP) is 5.20. The maximum Gasteiger partial charge on any atom is 0.251 e. The van der Waals surface area contributed by atoms with E-state index in [0.717, 1.165) is 23.2 Å². The summed E-state index contributed by atoms with van der Waals surface area (Å²) in [6.45, 7) is 12.4. The number of nitrogens with one attached hydrogen (secondary N) is 2. The molecule has 0 aliphatic rings. The van der Waals surface area contributed by atoms with Crippen molar-refractivity contribution in [2.45, 2.75) is 51.9 Å². The van der Waals surface area contributed by atoms with Gasteiger partial charge in [-0.1, -0.05) is 56.8 Å². The normalized spacial score (nSPS) is 11.7. The molecule has 2 N–H and O–H groups in total. The highest BCUT2D eigenvalue weighted by atomic mass is 32.2. The van der Waals surface area contributed by atoms with Crippen molar-refractivity contribution < 1.29 is 14.3 Å². The molecular weight excluding hydrogens is 486 g/mol. The van der Waals surface area contributed by atoms with E-state index < -0.39 is 0 Å². The minimum Gasteiger partial charge on any atom is -0.497 e. The molecule has 1 heterocycles. The van der Waals surface area contributed by atoms with Crippen molar-refractivity contribution in [1.29, 1.82) is 0 Å². The molecule has 0 saturated carbocycles. The molecule has 196 valence electrons. The number of rotatable bonds is 12. The lowest BCUT2D eigenvalue weighted by Crippen LogP contribution is -2.33. The topological polar surface area (TPSA) is 98.1 Å². The summed E-state index contributed by atoms with van der Waals surface area (Å²) in [4.78, 5) is 25.8. The highest BCUT2D eigenvalue weighted by Gasteiger charge is 2.26. The molecule has 1 aromatic heterocycles. The van der Waals surface area contributed by atoms with E-state index in [1.807, 2.05) is 43.5 Å². The molecule has 0 saturated heterocycles. The lowest BCUT2D eigenvalue weighted by Gasteiger charge is -2.22. The standard InChI is InChI=1S/C28H35N5O3S/c1-7-16-33-26(24(18(3)4)30-27(35)21-12-14-22(36-6)15-13-21)31-32-28(33)37-17-23(34)29-25-19(5)10-9-11-20(25)8-2/h7,9-15,18,24H,1,8,16-17H2,2-6H3,(H,29,34)(H,30,35)/t24-/m1/s1. The zero-order valence-electron chi connectivity index (χ0n) is 22.1. The van der Waals surface area contributed by atoms with Crippen LogP contribution in [0, 0.1) is 12.8 Å². The van der Waals surface area contributed by atoms with Crippen LogP contribution < -0.4 is 15.4 Å². The zero-order valence-corrected chi connectivity index (χ0v) is 22.9. The van der Waals surface area contributed by atoms with Gasteiger partial charge < -0.3 is 19.9 Å². The number of para-hydroxylation sites is 1. The average Bonchev–Trinajstić information content (AvgIpc) is 3.29. The molecule has 0 spiro atoms. The lowest BCUT2D eigenvalue weighted by molar-refractivity contribution is -0.113. The summed E-state index contributed by atoms with van der Waals surface area (Å²) in [6.07, 6.45) is 2.58. The fraction of sp³-hybridized carbons (Fsp3) is 0.357. The molecule has 0 radical (unpaired) electrons. The van der Waals surface area contributed by atoms with E-state index >= 15 is 0 Å². The Hall–Kier alpha value is -3.59. The maximum atomic E-state index is 13.0. The number of hydrogen-bond donors (Lipinski definition) is 2. The molecule has 3 rings (SSSR count). The molecule has 9 heteroatoms. The highest BCUT2D eigenvalue weighted by molar-refractivity contribution is 7.99. The molecule has 0 aliphatic carbocycles. The number of thioether (sulfide) groups is 1. The van der Waals surface area contributed by atoms with Crippen molar-refractivity contribution in [2.24, 2.45) is 5.92 Å². The summed E-state index contributed by atoms with van der Waals surface area (Å²) < 4.78 is 7.08. The van der Waals surface area contributed by atoms with Gasteiger partial charge in [0, 0.05) is 17.8 Å². The number of nitrogens with zero attached hydrogens (tertiary/aromatic N) is 3. The largest absolute Gasteiger partial charge is 0.497 e. The molecule has 0 bridgehead atoms.